The summed E-state index contributed by atoms with van der Waals surface area (Å²) in [7, 11) is 1.48. The molecule has 0 fully saturated rings. The lowest BCUT2D eigenvalue weighted by Crippen LogP contribution is -2.13. The van der Waals surface area contributed by atoms with Crippen molar-refractivity contribution >= 4 is 28.7 Å². The molecule has 0 aromatic heterocycles. The van der Waals surface area contributed by atoms with Crippen LogP contribution < -0.4 is 20.7 Å². The van der Waals surface area contributed by atoms with Crippen molar-refractivity contribution in [3.05, 3.63) is 51.6 Å². The molecular formula is C17H16N4O4. The largest absolute Gasteiger partial charge is 0.496 e. The van der Waals surface area contributed by atoms with E-state index >= 15 is 0 Å². The summed E-state index contributed by atoms with van der Waals surface area (Å²) < 4.78 is 5.32. The maximum absolute atomic E-state index is 11.8. The number of ether oxygens (including phenoxy) is 1. The summed E-state index contributed by atoms with van der Waals surface area (Å²) in [6, 6.07) is 8.39. The minimum atomic E-state index is -0.453. The number of nitrogens with one attached hydrogen (secondary N) is 3. The summed E-state index contributed by atoms with van der Waals surface area (Å²) in [6.45, 7) is 1.87. The van der Waals surface area contributed by atoms with Crippen molar-refractivity contribution in [3.63, 3.8) is 0 Å². The highest BCUT2D eigenvalue weighted by Gasteiger charge is 2.31. The molecule has 2 heterocycles. The van der Waals surface area contributed by atoms with Crippen molar-refractivity contribution in [1.29, 1.82) is 0 Å². The summed E-state index contributed by atoms with van der Waals surface area (Å²) in [5.41, 5.74) is 4.25. The molecule has 2 unspecified atom stereocenters. The Labute approximate surface area is 143 Å². The molecule has 3 N–H and O–H groups in total. The van der Waals surface area contributed by atoms with Crippen LogP contribution in [-0.4, -0.2) is 17.9 Å². The number of anilines is 3. The number of hydrogen-bond donors (Lipinski definition) is 3. The smallest absolute Gasteiger partial charge is 0.273 e. The number of methoxy groups -OCH3 is 1. The first-order chi connectivity index (χ1) is 12.0. The molecule has 128 valence electrons. The van der Waals surface area contributed by atoms with Crippen LogP contribution in [0.2, 0.25) is 0 Å². The van der Waals surface area contributed by atoms with E-state index in [0.29, 0.717) is 5.75 Å². The monoisotopic (exact) mass is 340 g/mol. The van der Waals surface area contributed by atoms with E-state index in [1.807, 2.05) is 19.1 Å². The Bertz CT molecular complexity index is 912. The van der Waals surface area contributed by atoms with Gasteiger partial charge in [0.1, 0.15) is 11.9 Å². The maximum atomic E-state index is 11.8. The van der Waals surface area contributed by atoms with Gasteiger partial charge in [-0.15, -0.1) is 0 Å². The number of carbonyl (C=O) groups excluding carboxylic acids is 1. The molecule has 2 atom stereocenters. The third kappa shape index (κ3) is 2.34. The van der Waals surface area contributed by atoms with Crippen LogP contribution >= 0.6 is 0 Å². The second-order valence-electron chi connectivity index (χ2n) is 6.10. The van der Waals surface area contributed by atoms with Crippen LogP contribution in [0.1, 0.15) is 30.1 Å². The fraction of sp³-hybridized carbons (Fsp3) is 0.235. The van der Waals surface area contributed by atoms with Crippen molar-refractivity contribution < 1.29 is 14.5 Å². The SMILES string of the molecule is COc1cc([N+](=O)[O-])ccc1C1Nc2cc3c(cc2N1)C(C)C(=O)N3. The highest BCUT2D eigenvalue weighted by Crippen LogP contribution is 2.44. The van der Waals surface area contributed by atoms with E-state index in [9.17, 15) is 14.9 Å². The molecule has 0 saturated carbocycles. The van der Waals surface area contributed by atoms with Gasteiger partial charge in [0, 0.05) is 17.3 Å². The molecule has 1 amide bonds. The number of nitrogens with zero attached hydrogens (tertiary/aromatic N) is 1. The standard InChI is InChI=1S/C17H16N4O4/c1-8-11-6-13-14(7-12(11)20-17(8)22)19-16(18-13)10-4-3-9(21(23)24)5-15(10)25-2/h3-8,16,18-19H,1-2H3,(H,20,22). The van der Waals surface area contributed by atoms with Crippen molar-refractivity contribution in [3.8, 4) is 5.75 Å². The predicted octanol–water partition coefficient (Wildman–Crippen LogP) is 3.20. The first-order valence-corrected chi connectivity index (χ1v) is 7.82. The van der Waals surface area contributed by atoms with Gasteiger partial charge in [-0.25, -0.2) is 0 Å². The van der Waals surface area contributed by atoms with Crippen LogP contribution in [0.5, 0.6) is 5.75 Å². The van der Waals surface area contributed by atoms with E-state index in [4.69, 9.17) is 4.74 Å². The predicted molar refractivity (Wildman–Crippen MR) is 93.1 cm³/mol. The van der Waals surface area contributed by atoms with Gasteiger partial charge in [-0.05, 0) is 30.7 Å². The molecule has 0 saturated heterocycles. The Hall–Kier alpha value is -3.29. The lowest BCUT2D eigenvalue weighted by atomic mass is 10.0. The van der Waals surface area contributed by atoms with E-state index in [0.717, 1.165) is 28.2 Å². The van der Waals surface area contributed by atoms with Gasteiger partial charge in [-0.1, -0.05) is 0 Å². The summed E-state index contributed by atoms with van der Waals surface area (Å²) in [6.07, 6.45) is -0.278. The van der Waals surface area contributed by atoms with Gasteiger partial charge in [0.15, 0.2) is 0 Å². The van der Waals surface area contributed by atoms with Crippen LogP contribution in [0.4, 0.5) is 22.7 Å². The van der Waals surface area contributed by atoms with Gasteiger partial charge < -0.3 is 20.7 Å². The summed E-state index contributed by atoms with van der Waals surface area (Å²) in [5, 5.41) is 20.5. The zero-order chi connectivity index (χ0) is 17.7. The quantitative estimate of drug-likeness (QED) is 0.585. The van der Waals surface area contributed by atoms with Gasteiger partial charge in [-0.2, -0.15) is 0 Å². The molecule has 8 nitrogen and oxygen atoms in total. The van der Waals surface area contributed by atoms with Gasteiger partial charge in [-0.3, -0.25) is 14.9 Å². The van der Waals surface area contributed by atoms with Crippen LogP contribution in [0, 0.1) is 10.1 Å². The molecule has 4 rings (SSSR count). The van der Waals surface area contributed by atoms with E-state index in [1.54, 1.807) is 6.07 Å². The topological polar surface area (TPSA) is 106 Å². The molecule has 2 aromatic carbocycles. The fourth-order valence-electron chi connectivity index (χ4n) is 3.26. The Balaban J connectivity index is 1.67. The van der Waals surface area contributed by atoms with Gasteiger partial charge in [0.05, 0.1) is 35.4 Å². The molecule has 0 radical (unpaired) electrons. The molecule has 25 heavy (non-hydrogen) atoms. The second-order valence-corrected chi connectivity index (χ2v) is 6.10. The number of non-ortho nitro benzene ring substituents is 1. The number of carbonyl (C=O) groups is 1. The Morgan fingerprint density at radius 1 is 1.08 bits per heavy atom. The van der Waals surface area contributed by atoms with Crippen molar-refractivity contribution in [2.45, 2.75) is 19.0 Å². The lowest BCUT2D eigenvalue weighted by Gasteiger charge is -2.16. The minimum Gasteiger partial charge on any atom is -0.496 e. The van der Waals surface area contributed by atoms with E-state index in [-0.39, 0.29) is 23.7 Å². The number of rotatable bonds is 3. The number of nitro groups is 1. The molecule has 0 aliphatic carbocycles. The summed E-state index contributed by atoms with van der Waals surface area (Å²) in [4.78, 5) is 22.3. The fourth-order valence-corrected chi connectivity index (χ4v) is 3.26. The van der Waals surface area contributed by atoms with E-state index in [1.165, 1.54) is 19.2 Å². The van der Waals surface area contributed by atoms with E-state index < -0.39 is 4.92 Å². The lowest BCUT2D eigenvalue weighted by molar-refractivity contribution is -0.384. The Morgan fingerprint density at radius 3 is 2.48 bits per heavy atom. The third-order valence-electron chi connectivity index (χ3n) is 4.65. The molecule has 0 bridgehead atoms. The third-order valence-corrected chi connectivity index (χ3v) is 4.65. The molecule has 0 spiro atoms. The number of fused-ring (bicyclic) bond motifs is 2. The van der Waals surface area contributed by atoms with Crippen LogP contribution in [0.15, 0.2) is 30.3 Å². The number of nitro benzene ring substituents is 1. The molecule has 2 aromatic rings. The first-order valence-electron chi connectivity index (χ1n) is 7.82. The van der Waals surface area contributed by atoms with Gasteiger partial charge in [0.2, 0.25) is 5.91 Å². The number of hydrogen-bond acceptors (Lipinski definition) is 6. The van der Waals surface area contributed by atoms with Crippen LogP contribution in [0.3, 0.4) is 0 Å². The molecule has 8 heteroatoms. The maximum Gasteiger partial charge on any atom is 0.273 e. The second kappa shape index (κ2) is 5.37. The number of benzene rings is 2. The molecular weight excluding hydrogens is 324 g/mol. The number of amides is 1. The molecule has 2 aliphatic rings. The zero-order valence-corrected chi connectivity index (χ0v) is 13.6. The van der Waals surface area contributed by atoms with Crippen LogP contribution in [-0.2, 0) is 4.79 Å². The minimum absolute atomic E-state index is 0.00717. The average molecular weight is 340 g/mol. The van der Waals surface area contributed by atoms with Crippen molar-refractivity contribution in [2.75, 3.05) is 23.1 Å². The van der Waals surface area contributed by atoms with Crippen molar-refractivity contribution in [2.24, 2.45) is 0 Å². The summed E-state index contributed by atoms with van der Waals surface area (Å²) >= 11 is 0. The van der Waals surface area contributed by atoms with Gasteiger partial charge >= 0.3 is 0 Å². The highest BCUT2D eigenvalue weighted by molar-refractivity contribution is 6.04. The highest BCUT2D eigenvalue weighted by atomic mass is 16.6. The van der Waals surface area contributed by atoms with Crippen LogP contribution in [0.25, 0.3) is 0 Å². The van der Waals surface area contributed by atoms with Crippen molar-refractivity contribution in [1.82, 2.24) is 0 Å². The summed E-state index contributed by atoms with van der Waals surface area (Å²) in [5.74, 6) is 0.239. The van der Waals surface area contributed by atoms with E-state index in [2.05, 4.69) is 16.0 Å². The normalized spacial score (nSPS) is 20.2. The Morgan fingerprint density at radius 2 is 1.80 bits per heavy atom. The average Bonchev–Trinajstić information content (AvgIpc) is 3.13. The zero-order valence-electron chi connectivity index (χ0n) is 13.6. The molecule has 2 aliphatic heterocycles. The Kier molecular flexibility index (Phi) is 3.28. The first kappa shape index (κ1) is 15.3. The van der Waals surface area contributed by atoms with Gasteiger partial charge in [0.25, 0.3) is 5.69 Å².